The fraction of sp³-hybridized carbons (Fsp3) is 0.243. The summed E-state index contributed by atoms with van der Waals surface area (Å²) in [6.07, 6.45) is -0.415. The van der Waals surface area contributed by atoms with E-state index in [9.17, 15) is 14.4 Å². The molecule has 0 radical (unpaired) electrons. The lowest BCUT2D eigenvalue weighted by molar-refractivity contribution is -0.147. The first kappa shape index (κ1) is 33.5. The molecule has 238 valence electrons. The molecule has 0 saturated carbocycles. The third-order valence-corrected chi connectivity index (χ3v) is 7.08. The Labute approximate surface area is 269 Å². The Hall–Kier alpha value is -5.44. The lowest BCUT2D eigenvalue weighted by atomic mass is 9.77. The van der Waals surface area contributed by atoms with E-state index in [0.717, 1.165) is 22.3 Å². The maximum atomic E-state index is 14.0. The van der Waals surface area contributed by atoms with Crippen molar-refractivity contribution in [2.45, 2.75) is 57.2 Å². The van der Waals surface area contributed by atoms with Gasteiger partial charge in [-0.1, -0.05) is 126 Å². The molecule has 9 nitrogen and oxygen atoms in total. The van der Waals surface area contributed by atoms with Crippen molar-refractivity contribution in [3.8, 4) is 0 Å². The van der Waals surface area contributed by atoms with Gasteiger partial charge >= 0.3 is 12.1 Å². The monoisotopic (exact) mass is 620 g/mol. The van der Waals surface area contributed by atoms with Crippen LogP contribution in [0, 0.1) is 0 Å². The maximum absolute atomic E-state index is 14.0. The van der Waals surface area contributed by atoms with Gasteiger partial charge in [-0.3, -0.25) is 4.79 Å². The number of aryl methyl sites for hydroxylation is 1. The third kappa shape index (κ3) is 9.28. The van der Waals surface area contributed by atoms with Gasteiger partial charge in [0.2, 0.25) is 5.91 Å². The predicted octanol–water partition coefficient (Wildman–Crippen LogP) is 5.83. The van der Waals surface area contributed by atoms with E-state index in [4.69, 9.17) is 15.3 Å². The number of alkyl carbamates (subject to hydrolysis) is 1. The van der Waals surface area contributed by atoms with Gasteiger partial charge in [-0.15, -0.1) is 0 Å². The molecule has 0 aliphatic rings. The molecule has 4 rings (SSSR count). The molecule has 0 fully saturated rings. The van der Waals surface area contributed by atoms with Gasteiger partial charge in [0.05, 0.1) is 6.42 Å². The predicted molar refractivity (Wildman–Crippen MR) is 178 cm³/mol. The molecule has 46 heavy (non-hydrogen) atoms. The molecule has 2 amide bonds. The van der Waals surface area contributed by atoms with Gasteiger partial charge in [0, 0.05) is 6.42 Å². The van der Waals surface area contributed by atoms with E-state index in [1.165, 1.54) is 0 Å². The molecular formula is C37H40N4O5. The Bertz CT molecular complexity index is 1510. The molecule has 4 N–H and O–H groups in total. The van der Waals surface area contributed by atoms with E-state index in [1.54, 1.807) is 20.8 Å². The van der Waals surface area contributed by atoms with Gasteiger partial charge in [-0.05, 0) is 49.4 Å². The number of nitrogens with two attached hydrogens (primary N) is 1. The number of hydrogen-bond acceptors (Lipinski definition) is 6. The highest BCUT2D eigenvalue weighted by Crippen LogP contribution is 2.37. The van der Waals surface area contributed by atoms with E-state index in [2.05, 4.69) is 15.8 Å². The molecule has 0 aliphatic carbocycles. The largest absolute Gasteiger partial charge is 0.444 e. The first-order valence-electron chi connectivity index (χ1n) is 15.1. The molecule has 0 heterocycles. The lowest BCUT2D eigenvalue weighted by Crippen LogP contribution is -2.51. The summed E-state index contributed by atoms with van der Waals surface area (Å²) in [6, 6.07) is 36.9. The number of ether oxygens (including phenoxy) is 1. The summed E-state index contributed by atoms with van der Waals surface area (Å²) in [5, 5.41) is 9.46. The van der Waals surface area contributed by atoms with E-state index in [1.807, 2.05) is 121 Å². The van der Waals surface area contributed by atoms with Crippen molar-refractivity contribution in [3.63, 3.8) is 0 Å². The molecule has 0 aromatic heterocycles. The van der Waals surface area contributed by atoms with Crippen LogP contribution in [0.1, 0.15) is 55.9 Å². The number of carbonyl (C=O) groups excluding carboxylic acids is 3. The number of carbonyl (C=O) groups is 3. The van der Waals surface area contributed by atoms with E-state index in [0.29, 0.717) is 12.8 Å². The van der Waals surface area contributed by atoms with Crippen molar-refractivity contribution < 1.29 is 24.0 Å². The normalized spacial score (nSPS) is 12.5. The average Bonchev–Trinajstić information content (AvgIpc) is 3.05. The van der Waals surface area contributed by atoms with Gasteiger partial charge < -0.3 is 25.9 Å². The third-order valence-electron chi connectivity index (χ3n) is 7.08. The van der Waals surface area contributed by atoms with E-state index >= 15 is 0 Å². The van der Waals surface area contributed by atoms with Crippen molar-refractivity contribution in [1.29, 1.82) is 0 Å². The molecule has 0 bridgehead atoms. The summed E-state index contributed by atoms with van der Waals surface area (Å²) in [6.45, 7) is 5.08. The molecule has 1 atom stereocenters. The summed E-state index contributed by atoms with van der Waals surface area (Å²) in [4.78, 5) is 45.2. The van der Waals surface area contributed by atoms with E-state index in [-0.39, 0.29) is 5.84 Å². The second-order valence-corrected chi connectivity index (χ2v) is 11.8. The summed E-state index contributed by atoms with van der Waals surface area (Å²) in [7, 11) is 0. The van der Waals surface area contributed by atoms with Crippen LogP contribution in [0.3, 0.4) is 0 Å². The van der Waals surface area contributed by atoms with Crippen LogP contribution in [0.2, 0.25) is 0 Å². The molecule has 0 unspecified atom stereocenters. The van der Waals surface area contributed by atoms with Crippen LogP contribution in [-0.2, 0) is 31.1 Å². The fourth-order valence-electron chi connectivity index (χ4n) is 5.00. The summed E-state index contributed by atoms with van der Waals surface area (Å²) in [5.74, 6) is -1.40. The molecule has 0 aliphatic heterocycles. The van der Waals surface area contributed by atoms with Crippen molar-refractivity contribution in [2.24, 2.45) is 10.9 Å². The highest BCUT2D eigenvalue weighted by molar-refractivity contribution is 5.89. The molecule has 0 spiro atoms. The average molecular weight is 621 g/mol. The number of benzene rings is 4. The zero-order valence-electron chi connectivity index (χ0n) is 26.3. The van der Waals surface area contributed by atoms with Gasteiger partial charge in [-0.2, -0.15) is 0 Å². The Morgan fingerprint density at radius 2 is 1.20 bits per heavy atom. The van der Waals surface area contributed by atoms with Crippen LogP contribution in [-0.4, -0.2) is 35.4 Å². The van der Waals surface area contributed by atoms with Gasteiger partial charge in [0.25, 0.3) is 0 Å². The number of oxime groups is 1. The molecule has 9 heteroatoms. The molecule has 0 saturated heterocycles. The van der Waals surface area contributed by atoms with Crippen molar-refractivity contribution in [2.75, 3.05) is 0 Å². The number of rotatable bonds is 12. The lowest BCUT2D eigenvalue weighted by Gasteiger charge is -2.37. The fourth-order valence-corrected chi connectivity index (χ4v) is 5.00. The second-order valence-electron chi connectivity index (χ2n) is 11.8. The quantitative estimate of drug-likeness (QED) is 0.0601. The zero-order chi connectivity index (χ0) is 33.0. The Morgan fingerprint density at radius 3 is 1.65 bits per heavy atom. The number of nitrogens with one attached hydrogen (secondary N) is 2. The van der Waals surface area contributed by atoms with Crippen molar-refractivity contribution in [1.82, 2.24) is 10.6 Å². The minimum absolute atomic E-state index is 0.0916. The van der Waals surface area contributed by atoms with E-state index < -0.39 is 41.6 Å². The summed E-state index contributed by atoms with van der Waals surface area (Å²) < 4.78 is 5.37. The molecular weight excluding hydrogens is 580 g/mol. The Kier molecular flexibility index (Phi) is 11.3. The van der Waals surface area contributed by atoms with Crippen molar-refractivity contribution in [3.05, 3.63) is 144 Å². The molecule has 4 aromatic rings. The van der Waals surface area contributed by atoms with Crippen LogP contribution in [0.25, 0.3) is 0 Å². The first-order valence-corrected chi connectivity index (χ1v) is 15.1. The van der Waals surface area contributed by atoms with Crippen LogP contribution in [0.15, 0.2) is 126 Å². The van der Waals surface area contributed by atoms with Crippen LogP contribution >= 0.6 is 0 Å². The standard InChI is InChI=1S/C37H40N4O5/c1-36(2,3)45-35(44)39-31(34(43)46-41-32(38)25-24-27-16-8-4-9-17-27)26-33(42)40-37(28-18-10-5-11-19-28,29-20-12-6-13-21-29)30-22-14-7-15-23-30/h4-23,31H,24-26H2,1-3H3,(H2,38,41)(H,39,44)(H,40,42)/t31-/m1/s1. The Morgan fingerprint density at radius 1 is 0.739 bits per heavy atom. The van der Waals surface area contributed by atoms with Crippen molar-refractivity contribution >= 4 is 23.8 Å². The number of amides is 2. The smallest absolute Gasteiger partial charge is 0.408 e. The Balaban J connectivity index is 1.61. The number of nitrogens with zero attached hydrogens (tertiary/aromatic N) is 1. The van der Waals surface area contributed by atoms with Crippen LogP contribution < -0.4 is 16.4 Å². The maximum Gasteiger partial charge on any atom is 0.408 e. The minimum Gasteiger partial charge on any atom is -0.444 e. The second kappa shape index (κ2) is 15.5. The van der Waals surface area contributed by atoms with Crippen LogP contribution in [0.4, 0.5) is 4.79 Å². The van der Waals surface area contributed by atoms with Gasteiger partial charge in [0.1, 0.15) is 23.0 Å². The van der Waals surface area contributed by atoms with Gasteiger partial charge in [-0.25, -0.2) is 9.59 Å². The summed E-state index contributed by atoms with van der Waals surface area (Å²) in [5.41, 5.74) is 7.50. The topological polar surface area (TPSA) is 132 Å². The first-order chi connectivity index (χ1) is 22.1. The molecule has 4 aromatic carbocycles. The minimum atomic E-state index is -1.43. The number of hydrogen-bond donors (Lipinski definition) is 3. The highest BCUT2D eigenvalue weighted by atomic mass is 16.7. The number of amidine groups is 1. The van der Waals surface area contributed by atoms with Gasteiger partial charge in [0.15, 0.2) is 0 Å². The highest BCUT2D eigenvalue weighted by Gasteiger charge is 2.39. The van der Waals surface area contributed by atoms with Crippen LogP contribution in [0.5, 0.6) is 0 Å². The summed E-state index contributed by atoms with van der Waals surface area (Å²) >= 11 is 0. The zero-order valence-corrected chi connectivity index (χ0v) is 26.3. The SMILES string of the molecule is CC(C)(C)OC(=O)N[C@H](CC(=O)NC(c1ccccc1)(c1ccccc1)c1ccccc1)C(=O)ON=C(N)CCc1ccccc1.